The maximum absolute atomic E-state index is 9.10. The van der Waals surface area contributed by atoms with Crippen molar-refractivity contribution in [3.8, 4) is 5.75 Å². The number of aryl methyl sites for hydroxylation is 1. The van der Waals surface area contributed by atoms with Crippen molar-refractivity contribution in [1.29, 1.82) is 0 Å². The quantitative estimate of drug-likeness (QED) is 0.770. The van der Waals surface area contributed by atoms with Crippen molar-refractivity contribution in [1.82, 2.24) is 5.32 Å². The second kappa shape index (κ2) is 6.84. The third-order valence-electron chi connectivity index (χ3n) is 2.62. The van der Waals surface area contributed by atoms with E-state index in [4.69, 9.17) is 21.4 Å². The van der Waals surface area contributed by atoms with Crippen LogP contribution in [0.15, 0.2) is 18.2 Å². The van der Waals surface area contributed by atoms with E-state index in [1.54, 1.807) is 6.07 Å². The van der Waals surface area contributed by atoms with Crippen LogP contribution in [0.4, 0.5) is 0 Å². The lowest BCUT2D eigenvalue weighted by molar-refractivity contribution is 0.136. The molecule has 1 aromatic rings. The van der Waals surface area contributed by atoms with Gasteiger partial charge in [0.25, 0.3) is 0 Å². The Labute approximate surface area is 108 Å². The van der Waals surface area contributed by atoms with Crippen LogP contribution in [0.1, 0.15) is 25.8 Å². The molecule has 0 aliphatic heterocycles. The molecule has 17 heavy (non-hydrogen) atoms. The third-order valence-corrected chi connectivity index (χ3v) is 2.86. The molecule has 0 heterocycles. The summed E-state index contributed by atoms with van der Waals surface area (Å²) in [6.07, 6.45) is 0.719. The number of rotatable bonds is 6. The van der Waals surface area contributed by atoms with E-state index in [-0.39, 0.29) is 18.9 Å². The number of halogens is 1. The fourth-order valence-electron chi connectivity index (χ4n) is 1.60. The van der Waals surface area contributed by atoms with Crippen molar-refractivity contribution >= 4 is 11.6 Å². The fraction of sp³-hybridized carbons (Fsp3) is 0.538. The van der Waals surface area contributed by atoms with Gasteiger partial charge in [0.15, 0.2) is 0 Å². The first kappa shape index (κ1) is 14.3. The van der Waals surface area contributed by atoms with E-state index >= 15 is 0 Å². The molecule has 0 aliphatic carbocycles. The average molecular weight is 258 g/mol. The molecule has 0 fully saturated rings. The zero-order chi connectivity index (χ0) is 12.8. The summed E-state index contributed by atoms with van der Waals surface area (Å²) in [6, 6.07) is 5.60. The number of hydrogen-bond acceptors (Lipinski definition) is 3. The molecule has 0 bridgehead atoms. The molecule has 0 aromatic heterocycles. The summed E-state index contributed by atoms with van der Waals surface area (Å²) in [7, 11) is 0. The molecule has 1 rings (SSSR count). The molecule has 2 N–H and O–H groups in total. The molecule has 0 saturated carbocycles. The number of nitrogens with one attached hydrogen (secondary N) is 1. The van der Waals surface area contributed by atoms with E-state index in [9.17, 15) is 0 Å². The second-order valence-corrected chi connectivity index (χ2v) is 4.56. The summed E-state index contributed by atoms with van der Waals surface area (Å²) in [5.41, 5.74) is 1.00. The van der Waals surface area contributed by atoms with Crippen molar-refractivity contribution < 1.29 is 9.84 Å². The molecule has 0 saturated heterocycles. The van der Waals surface area contributed by atoms with Crippen LogP contribution >= 0.6 is 11.6 Å². The van der Waals surface area contributed by atoms with E-state index < -0.39 is 0 Å². The molecule has 0 amide bonds. The molecule has 0 spiro atoms. The summed E-state index contributed by atoms with van der Waals surface area (Å²) in [5.74, 6) is 0.808. The number of ether oxygens (including phenoxy) is 1. The Balaban J connectivity index is 2.58. The molecule has 2 atom stereocenters. The van der Waals surface area contributed by atoms with Gasteiger partial charge in [0.2, 0.25) is 0 Å². The molecule has 0 aliphatic rings. The molecule has 4 heteroatoms. The normalized spacial score (nSPS) is 14.4. The molecule has 96 valence electrons. The van der Waals surface area contributed by atoms with Gasteiger partial charge < -0.3 is 9.84 Å². The Morgan fingerprint density at radius 1 is 1.47 bits per heavy atom. The van der Waals surface area contributed by atoms with E-state index in [1.807, 2.05) is 32.9 Å². The van der Waals surface area contributed by atoms with Crippen LogP contribution in [0.5, 0.6) is 5.75 Å². The Kier molecular flexibility index (Phi) is 5.75. The van der Waals surface area contributed by atoms with Crippen LogP contribution in [-0.2, 0) is 0 Å². The highest BCUT2D eigenvalue weighted by Gasteiger charge is 2.11. The van der Waals surface area contributed by atoms with Gasteiger partial charge in [0, 0.05) is 11.1 Å². The van der Waals surface area contributed by atoms with Gasteiger partial charge in [-0.1, -0.05) is 18.5 Å². The standard InChI is InChI=1S/C13H20ClNO2/c1-4-12(8-16)15-10(3)17-13-6-5-11(14)7-9(13)2/h5-7,10,12,15-16H,4,8H2,1-3H3. The molecular weight excluding hydrogens is 238 g/mol. The first-order valence-corrected chi connectivity index (χ1v) is 6.24. The van der Waals surface area contributed by atoms with Crippen LogP contribution in [0.3, 0.4) is 0 Å². The summed E-state index contributed by atoms with van der Waals surface area (Å²) < 4.78 is 5.75. The fourth-order valence-corrected chi connectivity index (χ4v) is 1.83. The first-order valence-electron chi connectivity index (χ1n) is 5.86. The zero-order valence-electron chi connectivity index (χ0n) is 10.5. The maximum atomic E-state index is 9.10. The lowest BCUT2D eigenvalue weighted by atomic mass is 10.2. The lowest BCUT2D eigenvalue weighted by Crippen LogP contribution is -2.41. The topological polar surface area (TPSA) is 41.5 Å². The van der Waals surface area contributed by atoms with E-state index in [1.165, 1.54) is 0 Å². The molecule has 3 nitrogen and oxygen atoms in total. The van der Waals surface area contributed by atoms with Gasteiger partial charge in [-0.15, -0.1) is 0 Å². The average Bonchev–Trinajstić information content (AvgIpc) is 2.29. The minimum atomic E-state index is -0.146. The Morgan fingerprint density at radius 2 is 2.18 bits per heavy atom. The highest BCUT2D eigenvalue weighted by atomic mass is 35.5. The monoisotopic (exact) mass is 257 g/mol. The van der Waals surface area contributed by atoms with Crippen LogP contribution in [0.2, 0.25) is 5.02 Å². The number of hydrogen-bond donors (Lipinski definition) is 2. The van der Waals surface area contributed by atoms with E-state index in [0.29, 0.717) is 5.02 Å². The van der Waals surface area contributed by atoms with Gasteiger partial charge in [-0.3, -0.25) is 5.32 Å². The van der Waals surface area contributed by atoms with Crippen molar-refractivity contribution in [2.45, 2.75) is 39.5 Å². The van der Waals surface area contributed by atoms with Crippen molar-refractivity contribution in [2.24, 2.45) is 0 Å². The predicted octanol–water partition coefficient (Wildman–Crippen LogP) is 2.73. The number of aliphatic hydroxyl groups is 1. The largest absolute Gasteiger partial charge is 0.475 e. The molecule has 1 aromatic carbocycles. The minimum Gasteiger partial charge on any atom is -0.475 e. The smallest absolute Gasteiger partial charge is 0.147 e. The van der Waals surface area contributed by atoms with Gasteiger partial charge in [-0.05, 0) is 44.0 Å². The molecule has 2 unspecified atom stereocenters. The van der Waals surface area contributed by atoms with Gasteiger partial charge in [0.05, 0.1) is 6.61 Å². The van der Waals surface area contributed by atoms with E-state index in [2.05, 4.69) is 5.32 Å². The van der Waals surface area contributed by atoms with Gasteiger partial charge in [0.1, 0.15) is 12.0 Å². The Morgan fingerprint density at radius 3 is 2.71 bits per heavy atom. The summed E-state index contributed by atoms with van der Waals surface area (Å²) >= 11 is 5.88. The van der Waals surface area contributed by atoms with Crippen LogP contribution in [0, 0.1) is 6.92 Å². The highest BCUT2D eigenvalue weighted by molar-refractivity contribution is 6.30. The predicted molar refractivity (Wildman–Crippen MR) is 70.6 cm³/mol. The maximum Gasteiger partial charge on any atom is 0.147 e. The first-order chi connectivity index (χ1) is 8.06. The van der Waals surface area contributed by atoms with Gasteiger partial charge in [-0.2, -0.15) is 0 Å². The third kappa shape index (κ3) is 4.54. The molecule has 0 radical (unpaired) electrons. The minimum absolute atomic E-state index is 0.0672. The number of benzene rings is 1. The van der Waals surface area contributed by atoms with E-state index in [0.717, 1.165) is 17.7 Å². The van der Waals surface area contributed by atoms with Crippen molar-refractivity contribution in [2.75, 3.05) is 6.61 Å². The molecular formula is C13H20ClNO2. The summed E-state index contributed by atoms with van der Waals surface area (Å²) in [5, 5.41) is 13.0. The van der Waals surface area contributed by atoms with Gasteiger partial charge in [-0.25, -0.2) is 0 Å². The second-order valence-electron chi connectivity index (χ2n) is 4.12. The summed E-state index contributed by atoms with van der Waals surface area (Å²) in [6.45, 7) is 6.02. The summed E-state index contributed by atoms with van der Waals surface area (Å²) in [4.78, 5) is 0. The zero-order valence-corrected chi connectivity index (χ0v) is 11.3. The van der Waals surface area contributed by atoms with Crippen molar-refractivity contribution in [3.63, 3.8) is 0 Å². The lowest BCUT2D eigenvalue weighted by Gasteiger charge is -2.22. The highest BCUT2D eigenvalue weighted by Crippen LogP contribution is 2.22. The van der Waals surface area contributed by atoms with Crippen LogP contribution in [-0.4, -0.2) is 24.0 Å². The van der Waals surface area contributed by atoms with Crippen LogP contribution < -0.4 is 10.1 Å². The van der Waals surface area contributed by atoms with Gasteiger partial charge >= 0.3 is 0 Å². The number of aliphatic hydroxyl groups excluding tert-OH is 1. The van der Waals surface area contributed by atoms with Crippen LogP contribution in [0.25, 0.3) is 0 Å². The Bertz CT molecular complexity index is 353. The van der Waals surface area contributed by atoms with Crippen molar-refractivity contribution in [3.05, 3.63) is 28.8 Å². The SMILES string of the molecule is CCC(CO)NC(C)Oc1ccc(Cl)cc1C. The Hall–Kier alpha value is -0.770.